The van der Waals surface area contributed by atoms with Crippen LogP contribution in [0.5, 0.6) is 0 Å². The van der Waals surface area contributed by atoms with Crippen LogP contribution in [0.1, 0.15) is 70.4 Å². The highest BCUT2D eigenvalue weighted by Crippen LogP contribution is 2.31. The Balaban J connectivity index is 2.03. The average molecular weight is 328 g/mol. The number of nitrogens with one attached hydrogen (secondary N) is 1. The van der Waals surface area contributed by atoms with E-state index in [9.17, 15) is 0 Å². The number of hydrogen-bond acceptors (Lipinski definition) is 1. The summed E-state index contributed by atoms with van der Waals surface area (Å²) in [5, 5.41) is 5.29. The van der Waals surface area contributed by atoms with E-state index in [1.54, 1.807) is 0 Å². The molecule has 1 saturated carbocycles. The number of benzene rings is 1. The molecule has 0 saturated heterocycles. The Morgan fingerprint density at radius 2 is 1.81 bits per heavy atom. The molecule has 1 aromatic carbocycles. The van der Waals surface area contributed by atoms with Crippen molar-refractivity contribution in [3.63, 3.8) is 0 Å². The molecule has 1 aromatic rings. The molecular weight excluding hydrogens is 301 g/mol. The summed E-state index contributed by atoms with van der Waals surface area (Å²) >= 11 is 12.4. The van der Waals surface area contributed by atoms with Gasteiger partial charge in [0.1, 0.15) is 0 Å². The quantitative estimate of drug-likeness (QED) is 0.617. The fourth-order valence-corrected chi connectivity index (χ4v) is 4.02. The van der Waals surface area contributed by atoms with Crippen LogP contribution < -0.4 is 5.32 Å². The standard InChI is InChI=1S/C18H27Cl2N/c1-3-18(16-11-10-15(19)12-17(16)20)21-13(2)14-8-6-4-5-7-9-14/h10-14,18,21H,3-9H2,1-2H3/t13-,18?/m1/s1. The third-order valence-electron chi connectivity index (χ3n) is 4.82. The van der Waals surface area contributed by atoms with Crippen molar-refractivity contribution < 1.29 is 0 Å². The van der Waals surface area contributed by atoms with Gasteiger partial charge in [0.2, 0.25) is 0 Å². The molecule has 1 N–H and O–H groups in total. The normalized spacial score (nSPS) is 20.0. The molecule has 1 fully saturated rings. The van der Waals surface area contributed by atoms with E-state index < -0.39 is 0 Å². The van der Waals surface area contributed by atoms with Crippen molar-refractivity contribution in [1.29, 1.82) is 0 Å². The Labute approximate surface area is 139 Å². The smallest absolute Gasteiger partial charge is 0.0468 e. The average Bonchev–Trinajstić information content (AvgIpc) is 2.74. The van der Waals surface area contributed by atoms with Gasteiger partial charge in [-0.05, 0) is 49.8 Å². The van der Waals surface area contributed by atoms with Crippen LogP contribution in [0.15, 0.2) is 18.2 Å². The molecule has 1 unspecified atom stereocenters. The summed E-state index contributed by atoms with van der Waals surface area (Å²) in [5.74, 6) is 0.799. The third-order valence-corrected chi connectivity index (χ3v) is 5.38. The lowest BCUT2D eigenvalue weighted by molar-refractivity contribution is 0.306. The second-order valence-electron chi connectivity index (χ2n) is 6.33. The number of rotatable bonds is 5. The van der Waals surface area contributed by atoms with E-state index in [-0.39, 0.29) is 0 Å². The summed E-state index contributed by atoms with van der Waals surface area (Å²) in [6, 6.07) is 6.70. The van der Waals surface area contributed by atoms with Crippen molar-refractivity contribution in [3.05, 3.63) is 33.8 Å². The molecule has 0 radical (unpaired) electrons. The van der Waals surface area contributed by atoms with Crippen molar-refractivity contribution in [1.82, 2.24) is 5.32 Å². The Bertz CT molecular complexity index is 439. The number of hydrogen-bond donors (Lipinski definition) is 1. The number of halogens is 2. The molecule has 0 amide bonds. The molecule has 21 heavy (non-hydrogen) atoms. The van der Waals surface area contributed by atoms with Gasteiger partial charge in [0.15, 0.2) is 0 Å². The van der Waals surface area contributed by atoms with Gasteiger partial charge in [0.05, 0.1) is 0 Å². The Morgan fingerprint density at radius 3 is 2.38 bits per heavy atom. The molecule has 2 rings (SSSR count). The highest BCUT2D eigenvalue weighted by Gasteiger charge is 2.22. The van der Waals surface area contributed by atoms with Gasteiger partial charge in [-0.1, -0.05) is 61.9 Å². The minimum absolute atomic E-state index is 0.313. The van der Waals surface area contributed by atoms with Crippen LogP contribution in [0, 0.1) is 5.92 Å². The van der Waals surface area contributed by atoms with Crippen LogP contribution in [0.4, 0.5) is 0 Å². The van der Waals surface area contributed by atoms with Crippen LogP contribution >= 0.6 is 23.2 Å². The van der Waals surface area contributed by atoms with Gasteiger partial charge in [0, 0.05) is 22.1 Å². The van der Waals surface area contributed by atoms with Gasteiger partial charge in [-0.2, -0.15) is 0 Å². The molecule has 118 valence electrons. The maximum absolute atomic E-state index is 6.37. The lowest BCUT2D eigenvalue weighted by Gasteiger charge is -2.29. The second kappa shape index (κ2) is 8.41. The van der Waals surface area contributed by atoms with Gasteiger partial charge in [-0.3, -0.25) is 0 Å². The first-order valence-electron chi connectivity index (χ1n) is 8.32. The predicted octanol–water partition coefficient (Wildman–Crippen LogP) is 6.39. The zero-order valence-electron chi connectivity index (χ0n) is 13.2. The molecule has 1 aliphatic carbocycles. The fraction of sp³-hybridized carbons (Fsp3) is 0.667. The van der Waals surface area contributed by atoms with Gasteiger partial charge < -0.3 is 5.32 Å². The summed E-state index contributed by atoms with van der Waals surface area (Å²) in [6.07, 6.45) is 9.34. The van der Waals surface area contributed by atoms with Gasteiger partial charge >= 0.3 is 0 Å². The molecule has 0 spiro atoms. The molecule has 0 bridgehead atoms. The first-order valence-corrected chi connectivity index (χ1v) is 9.08. The van der Waals surface area contributed by atoms with Crippen molar-refractivity contribution in [2.75, 3.05) is 0 Å². The summed E-state index contributed by atoms with van der Waals surface area (Å²) in [6.45, 7) is 4.55. The second-order valence-corrected chi connectivity index (χ2v) is 7.18. The van der Waals surface area contributed by atoms with E-state index in [2.05, 4.69) is 25.2 Å². The molecule has 0 aromatic heterocycles. The SMILES string of the molecule is CCC(N[C@H](C)C1CCCCCC1)c1ccc(Cl)cc1Cl. The first-order chi connectivity index (χ1) is 10.1. The van der Waals surface area contributed by atoms with Gasteiger partial charge in [0.25, 0.3) is 0 Å². The Hall–Kier alpha value is -0.240. The zero-order valence-corrected chi connectivity index (χ0v) is 14.7. The zero-order chi connectivity index (χ0) is 15.2. The summed E-state index contributed by atoms with van der Waals surface area (Å²) in [4.78, 5) is 0. The van der Waals surface area contributed by atoms with Crippen molar-refractivity contribution >= 4 is 23.2 Å². The minimum atomic E-state index is 0.313. The summed E-state index contributed by atoms with van der Waals surface area (Å²) in [5.41, 5.74) is 1.17. The lowest BCUT2D eigenvalue weighted by atomic mass is 9.91. The lowest BCUT2D eigenvalue weighted by Crippen LogP contribution is -2.36. The Kier molecular flexibility index (Phi) is 6.85. The third kappa shape index (κ3) is 4.87. The Morgan fingerprint density at radius 1 is 1.14 bits per heavy atom. The van der Waals surface area contributed by atoms with E-state index in [1.165, 1.54) is 44.1 Å². The van der Waals surface area contributed by atoms with Crippen LogP contribution in [-0.2, 0) is 0 Å². The van der Waals surface area contributed by atoms with Gasteiger partial charge in [-0.25, -0.2) is 0 Å². The molecule has 2 atom stereocenters. The molecule has 1 aliphatic rings. The molecule has 0 heterocycles. The monoisotopic (exact) mass is 327 g/mol. The van der Waals surface area contributed by atoms with Crippen LogP contribution in [0.2, 0.25) is 10.0 Å². The van der Waals surface area contributed by atoms with Crippen molar-refractivity contribution in [3.8, 4) is 0 Å². The highest BCUT2D eigenvalue weighted by molar-refractivity contribution is 6.35. The van der Waals surface area contributed by atoms with Crippen molar-refractivity contribution in [2.45, 2.75) is 70.9 Å². The molecule has 1 nitrogen and oxygen atoms in total. The van der Waals surface area contributed by atoms with Crippen LogP contribution in [0.25, 0.3) is 0 Å². The molecule has 0 aliphatic heterocycles. The maximum Gasteiger partial charge on any atom is 0.0468 e. The van der Waals surface area contributed by atoms with E-state index in [0.717, 1.165) is 17.4 Å². The van der Waals surface area contributed by atoms with Gasteiger partial charge in [-0.15, -0.1) is 0 Å². The van der Waals surface area contributed by atoms with E-state index in [1.807, 2.05) is 12.1 Å². The summed E-state index contributed by atoms with van der Waals surface area (Å²) < 4.78 is 0. The van der Waals surface area contributed by atoms with Crippen LogP contribution in [0.3, 0.4) is 0 Å². The topological polar surface area (TPSA) is 12.0 Å². The molecular formula is C18H27Cl2N. The summed E-state index contributed by atoms with van der Waals surface area (Å²) in [7, 11) is 0. The maximum atomic E-state index is 6.37. The van der Waals surface area contributed by atoms with E-state index >= 15 is 0 Å². The van der Waals surface area contributed by atoms with E-state index in [4.69, 9.17) is 23.2 Å². The van der Waals surface area contributed by atoms with Crippen molar-refractivity contribution in [2.24, 2.45) is 5.92 Å². The predicted molar refractivity (Wildman–Crippen MR) is 93.3 cm³/mol. The minimum Gasteiger partial charge on any atom is -0.307 e. The highest BCUT2D eigenvalue weighted by atomic mass is 35.5. The van der Waals surface area contributed by atoms with Crippen LogP contribution in [-0.4, -0.2) is 6.04 Å². The molecule has 3 heteroatoms. The fourth-order valence-electron chi connectivity index (χ4n) is 3.48. The largest absolute Gasteiger partial charge is 0.307 e. The first kappa shape index (κ1) is 17.1. The van der Waals surface area contributed by atoms with E-state index in [0.29, 0.717) is 17.1 Å².